The van der Waals surface area contributed by atoms with E-state index in [1.165, 1.54) is 12.3 Å². The zero-order chi connectivity index (χ0) is 12.9. The van der Waals surface area contributed by atoms with Crippen LogP contribution < -0.4 is 0 Å². The van der Waals surface area contributed by atoms with E-state index in [4.69, 9.17) is 0 Å². The highest BCUT2D eigenvalue weighted by atomic mass is 79.9. The van der Waals surface area contributed by atoms with E-state index in [9.17, 15) is 18.0 Å². The quantitative estimate of drug-likeness (QED) is 0.801. The van der Waals surface area contributed by atoms with Gasteiger partial charge in [0, 0.05) is 18.1 Å². The van der Waals surface area contributed by atoms with Gasteiger partial charge >= 0.3 is 6.18 Å². The summed E-state index contributed by atoms with van der Waals surface area (Å²) in [5, 5.41) is 0.279. The highest BCUT2D eigenvalue weighted by Gasteiger charge is 2.33. The molecule has 0 saturated heterocycles. The van der Waals surface area contributed by atoms with Crippen molar-refractivity contribution in [3.8, 4) is 0 Å². The highest BCUT2D eigenvalue weighted by molar-refractivity contribution is 9.09. The lowest BCUT2D eigenvalue weighted by Crippen LogP contribution is -2.40. The third-order valence-corrected chi connectivity index (χ3v) is 2.25. The second kappa shape index (κ2) is 6.00. The molecular weight excluding hydrogens is 301 g/mol. The Hall–Kier alpha value is -1.11. The summed E-state index contributed by atoms with van der Waals surface area (Å²) in [7, 11) is 0. The molecule has 3 nitrogen and oxygen atoms in total. The summed E-state index contributed by atoms with van der Waals surface area (Å²) in [6, 6.07) is 4.54. The SMILES string of the molecule is O=C(c1ccccn1)N(CCBr)CC(F)(F)F. The third-order valence-electron chi connectivity index (χ3n) is 1.90. The summed E-state index contributed by atoms with van der Waals surface area (Å²) in [5.74, 6) is -0.720. The summed E-state index contributed by atoms with van der Waals surface area (Å²) >= 11 is 3.02. The van der Waals surface area contributed by atoms with Crippen LogP contribution in [0.4, 0.5) is 13.2 Å². The molecule has 0 fully saturated rings. The second-order valence-electron chi connectivity index (χ2n) is 3.25. The molecule has 0 atom stereocenters. The van der Waals surface area contributed by atoms with Gasteiger partial charge in [-0.1, -0.05) is 22.0 Å². The van der Waals surface area contributed by atoms with Crippen molar-refractivity contribution in [2.75, 3.05) is 18.4 Å². The van der Waals surface area contributed by atoms with Crippen molar-refractivity contribution in [1.82, 2.24) is 9.88 Å². The first-order valence-electron chi connectivity index (χ1n) is 4.77. The van der Waals surface area contributed by atoms with Gasteiger partial charge in [0.2, 0.25) is 0 Å². The van der Waals surface area contributed by atoms with Crippen molar-refractivity contribution in [3.63, 3.8) is 0 Å². The van der Waals surface area contributed by atoms with Gasteiger partial charge in [0.1, 0.15) is 12.2 Å². The van der Waals surface area contributed by atoms with Gasteiger partial charge in [0.25, 0.3) is 5.91 Å². The number of hydrogen-bond donors (Lipinski definition) is 0. The smallest absolute Gasteiger partial charge is 0.327 e. The van der Waals surface area contributed by atoms with Crippen molar-refractivity contribution >= 4 is 21.8 Å². The number of carbonyl (C=O) groups excluding carboxylic acids is 1. The van der Waals surface area contributed by atoms with Crippen molar-refractivity contribution < 1.29 is 18.0 Å². The van der Waals surface area contributed by atoms with Crippen molar-refractivity contribution in [2.24, 2.45) is 0 Å². The fourth-order valence-corrected chi connectivity index (χ4v) is 1.65. The van der Waals surface area contributed by atoms with Crippen molar-refractivity contribution in [3.05, 3.63) is 30.1 Å². The summed E-state index contributed by atoms with van der Waals surface area (Å²) in [5.41, 5.74) is 0.0118. The van der Waals surface area contributed by atoms with Gasteiger partial charge in [-0.25, -0.2) is 0 Å². The van der Waals surface area contributed by atoms with E-state index in [1.807, 2.05) is 0 Å². The van der Waals surface area contributed by atoms with Crippen LogP contribution in [0.1, 0.15) is 10.5 Å². The number of alkyl halides is 4. The molecule has 0 aliphatic carbocycles. The zero-order valence-electron chi connectivity index (χ0n) is 8.75. The van der Waals surface area contributed by atoms with Gasteiger partial charge in [-0.15, -0.1) is 0 Å². The molecule has 0 radical (unpaired) electrons. The fraction of sp³-hybridized carbons (Fsp3) is 0.400. The summed E-state index contributed by atoms with van der Waals surface area (Å²) in [6.45, 7) is -1.29. The Morgan fingerprint density at radius 1 is 1.41 bits per heavy atom. The third kappa shape index (κ3) is 4.72. The molecule has 7 heteroatoms. The van der Waals surface area contributed by atoms with Gasteiger partial charge in [-0.2, -0.15) is 13.2 Å². The van der Waals surface area contributed by atoms with Gasteiger partial charge in [-0.3, -0.25) is 9.78 Å². The first-order chi connectivity index (χ1) is 7.94. The second-order valence-corrected chi connectivity index (χ2v) is 4.04. The summed E-state index contributed by atoms with van der Waals surface area (Å²) < 4.78 is 36.8. The molecule has 1 aromatic rings. The van der Waals surface area contributed by atoms with E-state index in [0.717, 1.165) is 4.90 Å². The molecular formula is C10H10BrF3N2O. The van der Waals surface area contributed by atoms with Crippen LogP contribution in [-0.2, 0) is 0 Å². The van der Waals surface area contributed by atoms with Gasteiger partial charge < -0.3 is 4.90 Å². The lowest BCUT2D eigenvalue weighted by atomic mass is 10.3. The zero-order valence-corrected chi connectivity index (χ0v) is 10.3. The van der Waals surface area contributed by atoms with Gasteiger partial charge in [0.15, 0.2) is 0 Å². The Kier molecular flexibility index (Phi) is 4.92. The largest absolute Gasteiger partial charge is 0.406 e. The Bertz CT molecular complexity index is 370. The van der Waals surface area contributed by atoms with E-state index in [2.05, 4.69) is 20.9 Å². The molecule has 1 rings (SSSR count). The fourth-order valence-electron chi connectivity index (χ4n) is 1.22. The molecule has 0 aliphatic rings. The molecule has 0 spiro atoms. The molecule has 0 aromatic carbocycles. The standard InChI is InChI=1S/C10H10BrF3N2O/c11-4-6-16(7-10(12,13)14)9(17)8-3-1-2-5-15-8/h1-3,5H,4,6-7H2. The molecule has 1 aromatic heterocycles. The average Bonchev–Trinajstić information content (AvgIpc) is 2.27. The van der Waals surface area contributed by atoms with E-state index < -0.39 is 18.6 Å². The summed E-state index contributed by atoms with van der Waals surface area (Å²) in [6.07, 6.45) is -3.04. The Morgan fingerprint density at radius 3 is 2.59 bits per heavy atom. The Morgan fingerprint density at radius 2 is 2.12 bits per heavy atom. The van der Waals surface area contributed by atoms with Crippen LogP contribution in [0.25, 0.3) is 0 Å². The first kappa shape index (κ1) is 14.0. The van der Waals surface area contributed by atoms with E-state index in [1.54, 1.807) is 12.1 Å². The maximum atomic E-state index is 12.3. The molecule has 1 amide bonds. The predicted molar refractivity (Wildman–Crippen MR) is 60.0 cm³/mol. The first-order valence-corrected chi connectivity index (χ1v) is 5.89. The molecule has 0 N–H and O–H groups in total. The minimum atomic E-state index is -4.41. The Labute approximate surface area is 105 Å². The number of pyridine rings is 1. The molecule has 94 valence electrons. The monoisotopic (exact) mass is 310 g/mol. The number of nitrogens with zero attached hydrogens (tertiary/aromatic N) is 2. The number of rotatable bonds is 4. The highest BCUT2D eigenvalue weighted by Crippen LogP contribution is 2.17. The predicted octanol–water partition coefficient (Wildman–Crippen LogP) is 2.48. The van der Waals surface area contributed by atoms with Crippen LogP contribution in [0.2, 0.25) is 0 Å². The lowest BCUT2D eigenvalue weighted by molar-refractivity contribution is -0.140. The minimum absolute atomic E-state index is 0.0118. The molecule has 0 unspecified atom stereocenters. The number of halogens is 4. The van der Waals surface area contributed by atoms with Gasteiger partial charge in [0.05, 0.1) is 0 Å². The van der Waals surface area contributed by atoms with E-state index in [-0.39, 0.29) is 17.6 Å². The van der Waals surface area contributed by atoms with Crippen LogP contribution in [-0.4, -0.2) is 40.4 Å². The van der Waals surface area contributed by atoms with E-state index in [0.29, 0.717) is 0 Å². The lowest BCUT2D eigenvalue weighted by Gasteiger charge is -2.22. The van der Waals surface area contributed by atoms with E-state index >= 15 is 0 Å². The molecule has 17 heavy (non-hydrogen) atoms. The minimum Gasteiger partial charge on any atom is -0.327 e. The van der Waals surface area contributed by atoms with Gasteiger partial charge in [-0.05, 0) is 12.1 Å². The number of hydrogen-bond acceptors (Lipinski definition) is 2. The average molecular weight is 311 g/mol. The number of amides is 1. The number of aromatic nitrogens is 1. The van der Waals surface area contributed by atoms with Crippen molar-refractivity contribution in [2.45, 2.75) is 6.18 Å². The van der Waals surface area contributed by atoms with Crippen LogP contribution in [0.5, 0.6) is 0 Å². The van der Waals surface area contributed by atoms with Crippen LogP contribution in [0.3, 0.4) is 0 Å². The maximum Gasteiger partial charge on any atom is 0.406 e. The van der Waals surface area contributed by atoms with Crippen LogP contribution >= 0.6 is 15.9 Å². The number of carbonyl (C=O) groups is 1. The Balaban J connectivity index is 2.81. The van der Waals surface area contributed by atoms with Crippen molar-refractivity contribution in [1.29, 1.82) is 0 Å². The normalized spacial score (nSPS) is 11.3. The maximum absolute atomic E-state index is 12.3. The molecule has 1 heterocycles. The van der Waals surface area contributed by atoms with Crippen LogP contribution in [0, 0.1) is 0 Å². The molecule has 0 saturated carbocycles. The summed E-state index contributed by atoms with van der Waals surface area (Å²) in [4.78, 5) is 16.2. The molecule has 0 bridgehead atoms. The topological polar surface area (TPSA) is 33.2 Å². The molecule has 0 aliphatic heterocycles. The van der Waals surface area contributed by atoms with Crippen LogP contribution in [0.15, 0.2) is 24.4 Å².